The second-order valence-corrected chi connectivity index (χ2v) is 3.91. The van der Waals surface area contributed by atoms with Crippen LogP contribution in [0.25, 0.3) is 0 Å². The van der Waals surface area contributed by atoms with Crippen molar-refractivity contribution in [3.63, 3.8) is 0 Å². The van der Waals surface area contributed by atoms with E-state index in [0.717, 1.165) is 30.8 Å². The Morgan fingerprint density at radius 1 is 1.53 bits per heavy atom. The van der Waals surface area contributed by atoms with E-state index in [2.05, 4.69) is 21.8 Å². The number of rotatable bonds is 3. The summed E-state index contributed by atoms with van der Waals surface area (Å²) < 4.78 is 5.14. The van der Waals surface area contributed by atoms with Gasteiger partial charge >= 0.3 is 5.97 Å². The monoisotopic (exact) mass is 237 g/mol. The van der Waals surface area contributed by atoms with Crippen LogP contribution in [0, 0.1) is 0 Å². The Labute approximate surface area is 99.2 Å². The van der Waals surface area contributed by atoms with Crippen molar-refractivity contribution in [2.75, 3.05) is 20.2 Å². The van der Waals surface area contributed by atoms with E-state index >= 15 is 0 Å². The highest BCUT2D eigenvalue weighted by atomic mass is 16.5. The number of carbonyl (C=O) groups is 1. The average Bonchev–Trinajstić information content (AvgIpc) is 2.36. The zero-order chi connectivity index (χ0) is 12.4. The average molecular weight is 237 g/mol. The van der Waals surface area contributed by atoms with Crippen LogP contribution in [0.1, 0.15) is 28.8 Å². The van der Waals surface area contributed by atoms with Gasteiger partial charge in [0.2, 0.25) is 11.7 Å². The number of methoxy groups -OCH3 is 1. The molecule has 0 saturated heterocycles. The Morgan fingerprint density at radius 3 is 2.88 bits per heavy atom. The van der Waals surface area contributed by atoms with Gasteiger partial charge in [0.1, 0.15) is 0 Å². The summed E-state index contributed by atoms with van der Waals surface area (Å²) in [4.78, 5) is 21.1. The van der Waals surface area contributed by atoms with E-state index < -0.39 is 5.97 Å². The summed E-state index contributed by atoms with van der Waals surface area (Å²) in [6.45, 7) is 4.58. The fourth-order valence-electron chi connectivity index (χ4n) is 1.98. The largest absolute Gasteiger partial charge is 0.481 e. The second kappa shape index (κ2) is 4.67. The Morgan fingerprint density at radius 2 is 2.29 bits per heavy atom. The first-order valence-electron chi connectivity index (χ1n) is 5.55. The van der Waals surface area contributed by atoms with E-state index in [1.54, 1.807) is 0 Å². The summed E-state index contributed by atoms with van der Waals surface area (Å²) >= 11 is 0. The molecule has 1 N–H and O–H groups in total. The van der Waals surface area contributed by atoms with Crippen LogP contribution in [0.3, 0.4) is 0 Å². The third kappa shape index (κ3) is 2.21. The SMILES string of the molecule is CCN1CCc2c(nc(C(=O)O)nc2OC)C1. The van der Waals surface area contributed by atoms with Crippen molar-refractivity contribution in [3.05, 3.63) is 17.1 Å². The molecule has 92 valence electrons. The Kier molecular flexibility index (Phi) is 3.23. The molecule has 1 aliphatic heterocycles. The maximum absolute atomic E-state index is 10.9. The molecule has 2 rings (SSSR count). The number of hydrogen-bond acceptors (Lipinski definition) is 5. The highest BCUT2D eigenvalue weighted by Crippen LogP contribution is 2.24. The van der Waals surface area contributed by atoms with Gasteiger partial charge in [0.15, 0.2) is 0 Å². The normalized spacial score (nSPS) is 15.4. The number of likely N-dealkylation sites (N-methyl/N-ethyl adjacent to an activating group) is 1. The fraction of sp³-hybridized carbons (Fsp3) is 0.545. The Balaban J connectivity index is 2.44. The van der Waals surface area contributed by atoms with Crippen LogP contribution >= 0.6 is 0 Å². The molecule has 0 radical (unpaired) electrons. The summed E-state index contributed by atoms with van der Waals surface area (Å²) in [7, 11) is 1.50. The van der Waals surface area contributed by atoms with Gasteiger partial charge in [-0.05, 0) is 13.0 Å². The Hall–Kier alpha value is -1.69. The molecule has 0 aromatic carbocycles. The fourth-order valence-corrected chi connectivity index (χ4v) is 1.98. The van der Waals surface area contributed by atoms with E-state index in [9.17, 15) is 4.79 Å². The minimum atomic E-state index is -1.13. The summed E-state index contributed by atoms with van der Waals surface area (Å²) in [5, 5.41) is 8.94. The van der Waals surface area contributed by atoms with Gasteiger partial charge in [-0.25, -0.2) is 9.78 Å². The number of nitrogens with zero attached hydrogens (tertiary/aromatic N) is 3. The molecule has 0 bridgehead atoms. The van der Waals surface area contributed by atoms with Crippen molar-refractivity contribution in [1.82, 2.24) is 14.9 Å². The van der Waals surface area contributed by atoms with Crippen molar-refractivity contribution >= 4 is 5.97 Å². The molecule has 2 heterocycles. The molecule has 1 aromatic rings. The highest BCUT2D eigenvalue weighted by Gasteiger charge is 2.23. The minimum absolute atomic E-state index is 0.196. The molecule has 0 amide bonds. The van der Waals surface area contributed by atoms with Gasteiger partial charge < -0.3 is 9.84 Å². The van der Waals surface area contributed by atoms with Gasteiger partial charge in [0.25, 0.3) is 0 Å². The molecule has 0 aliphatic carbocycles. The molecule has 1 aliphatic rings. The van der Waals surface area contributed by atoms with E-state index in [1.165, 1.54) is 7.11 Å². The molecule has 1 aromatic heterocycles. The van der Waals surface area contributed by atoms with Crippen LogP contribution in [0.4, 0.5) is 0 Å². The van der Waals surface area contributed by atoms with Crippen LogP contribution < -0.4 is 4.74 Å². The second-order valence-electron chi connectivity index (χ2n) is 3.91. The number of carboxylic acid groups (broad SMARTS) is 1. The highest BCUT2D eigenvalue weighted by molar-refractivity contribution is 5.83. The predicted octanol–water partition coefficient (Wildman–Crippen LogP) is 0.561. The van der Waals surface area contributed by atoms with Crippen LogP contribution in [-0.4, -0.2) is 46.1 Å². The van der Waals surface area contributed by atoms with Crippen molar-refractivity contribution in [3.8, 4) is 5.88 Å². The predicted molar refractivity (Wildman–Crippen MR) is 60.2 cm³/mol. The van der Waals surface area contributed by atoms with E-state index in [-0.39, 0.29) is 5.82 Å². The van der Waals surface area contributed by atoms with Gasteiger partial charge in [0, 0.05) is 18.7 Å². The van der Waals surface area contributed by atoms with Gasteiger partial charge in [-0.15, -0.1) is 0 Å². The van der Waals surface area contributed by atoms with Crippen LogP contribution in [0.5, 0.6) is 5.88 Å². The zero-order valence-corrected chi connectivity index (χ0v) is 9.93. The molecule has 0 fully saturated rings. The van der Waals surface area contributed by atoms with E-state index in [0.29, 0.717) is 12.4 Å². The molecular formula is C11H15N3O3. The minimum Gasteiger partial charge on any atom is -0.481 e. The number of ether oxygens (including phenoxy) is 1. The van der Waals surface area contributed by atoms with Crippen LogP contribution in [0.15, 0.2) is 0 Å². The zero-order valence-electron chi connectivity index (χ0n) is 9.93. The lowest BCUT2D eigenvalue weighted by Crippen LogP contribution is -2.32. The molecule has 0 atom stereocenters. The van der Waals surface area contributed by atoms with Gasteiger partial charge in [0.05, 0.1) is 12.8 Å². The van der Waals surface area contributed by atoms with Crippen molar-refractivity contribution in [2.24, 2.45) is 0 Å². The number of fused-ring (bicyclic) bond motifs is 1. The Bertz CT molecular complexity index is 448. The van der Waals surface area contributed by atoms with Gasteiger partial charge in [-0.2, -0.15) is 4.98 Å². The van der Waals surface area contributed by atoms with E-state index in [4.69, 9.17) is 9.84 Å². The molecular weight excluding hydrogens is 222 g/mol. The lowest BCUT2D eigenvalue weighted by atomic mass is 10.1. The summed E-state index contributed by atoms with van der Waals surface area (Å²) in [6, 6.07) is 0. The maximum Gasteiger partial charge on any atom is 0.374 e. The molecule has 6 heteroatoms. The van der Waals surface area contributed by atoms with Gasteiger partial charge in [-0.3, -0.25) is 4.90 Å². The summed E-state index contributed by atoms with van der Waals surface area (Å²) in [5.41, 5.74) is 1.70. The summed E-state index contributed by atoms with van der Waals surface area (Å²) in [5.74, 6) is -0.929. The molecule has 17 heavy (non-hydrogen) atoms. The van der Waals surface area contributed by atoms with E-state index in [1.807, 2.05) is 0 Å². The maximum atomic E-state index is 10.9. The smallest absolute Gasteiger partial charge is 0.374 e. The number of aromatic carboxylic acids is 1. The number of carboxylic acids is 1. The van der Waals surface area contributed by atoms with Gasteiger partial charge in [-0.1, -0.05) is 6.92 Å². The topological polar surface area (TPSA) is 75.6 Å². The first kappa shape index (κ1) is 11.8. The van der Waals surface area contributed by atoms with Crippen molar-refractivity contribution in [1.29, 1.82) is 0 Å². The van der Waals surface area contributed by atoms with Crippen LogP contribution in [0.2, 0.25) is 0 Å². The standard InChI is InChI=1S/C11H15N3O3/c1-3-14-5-4-7-8(6-14)12-9(11(15)16)13-10(7)17-2/h3-6H2,1-2H3,(H,15,16). The number of aromatic nitrogens is 2. The van der Waals surface area contributed by atoms with Crippen molar-refractivity contribution < 1.29 is 14.6 Å². The molecule has 6 nitrogen and oxygen atoms in total. The van der Waals surface area contributed by atoms with Crippen molar-refractivity contribution in [2.45, 2.75) is 19.9 Å². The molecule has 0 spiro atoms. The lowest BCUT2D eigenvalue weighted by molar-refractivity contribution is 0.0681. The number of hydrogen-bond donors (Lipinski definition) is 1. The third-order valence-corrected chi connectivity index (χ3v) is 2.94. The van der Waals surface area contributed by atoms with Crippen LogP contribution in [-0.2, 0) is 13.0 Å². The molecule has 0 saturated carbocycles. The first-order chi connectivity index (χ1) is 8.15. The summed E-state index contributed by atoms with van der Waals surface area (Å²) in [6.07, 6.45) is 0.798. The first-order valence-corrected chi connectivity index (χ1v) is 5.55. The lowest BCUT2D eigenvalue weighted by Gasteiger charge is -2.27. The quantitative estimate of drug-likeness (QED) is 0.828. The third-order valence-electron chi connectivity index (χ3n) is 2.94. The molecule has 0 unspecified atom stereocenters.